The van der Waals surface area contributed by atoms with Gasteiger partial charge in [0.05, 0.1) is 6.61 Å². The Hall–Kier alpha value is -1.40. The van der Waals surface area contributed by atoms with Gasteiger partial charge in [-0.05, 0) is 25.1 Å². The summed E-state index contributed by atoms with van der Waals surface area (Å²) in [7, 11) is 0. The summed E-state index contributed by atoms with van der Waals surface area (Å²) in [4.78, 5) is 10.5. The number of alkyl halides is 2. The summed E-state index contributed by atoms with van der Waals surface area (Å²) in [5.41, 5.74) is 0.260. The highest BCUT2D eigenvalue weighted by molar-refractivity contribution is 6.30. The molecule has 1 atom stereocenters. The molecule has 0 amide bonds. The molecule has 1 rings (SSSR count). The maximum Gasteiger partial charge on any atom is 0.387 e. The summed E-state index contributed by atoms with van der Waals surface area (Å²) in [6.45, 7) is -1.82. The van der Waals surface area contributed by atoms with Crippen molar-refractivity contribution in [2.45, 2.75) is 26.2 Å². The molecule has 100 valence electrons. The van der Waals surface area contributed by atoms with Gasteiger partial charge in [-0.15, -0.1) is 0 Å². The average molecular weight is 281 g/mol. The van der Waals surface area contributed by atoms with Crippen molar-refractivity contribution in [3.63, 3.8) is 0 Å². The Labute approximate surface area is 107 Å². The van der Waals surface area contributed by atoms with Crippen molar-refractivity contribution in [1.29, 1.82) is 0 Å². The fourth-order valence-electron chi connectivity index (χ4n) is 1.16. The van der Waals surface area contributed by atoms with E-state index in [0.717, 1.165) is 0 Å². The summed E-state index contributed by atoms with van der Waals surface area (Å²) in [6, 6.07) is 4.05. The average Bonchev–Trinajstić information content (AvgIpc) is 2.28. The fraction of sp³-hybridized carbons (Fsp3) is 0.364. The molecule has 0 heterocycles. The molecule has 4 nitrogen and oxygen atoms in total. The molecule has 0 radical (unpaired) electrons. The summed E-state index contributed by atoms with van der Waals surface area (Å²) < 4.78 is 33.5. The lowest BCUT2D eigenvalue weighted by Gasteiger charge is -2.13. The highest BCUT2D eigenvalue weighted by Crippen LogP contribution is 2.25. The van der Waals surface area contributed by atoms with Crippen LogP contribution in [0.3, 0.4) is 0 Å². The van der Waals surface area contributed by atoms with Gasteiger partial charge < -0.3 is 14.6 Å². The van der Waals surface area contributed by atoms with Gasteiger partial charge in [0.15, 0.2) is 6.10 Å². The number of halogens is 3. The Morgan fingerprint density at radius 2 is 2.17 bits per heavy atom. The minimum atomic E-state index is -2.97. The van der Waals surface area contributed by atoms with Crippen LogP contribution in [0.15, 0.2) is 18.2 Å². The van der Waals surface area contributed by atoms with Crippen LogP contribution >= 0.6 is 11.6 Å². The third-order valence-corrected chi connectivity index (χ3v) is 2.31. The molecule has 0 aliphatic rings. The molecular weight excluding hydrogens is 270 g/mol. The van der Waals surface area contributed by atoms with E-state index in [2.05, 4.69) is 4.74 Å². The maximum atomic E-state index is 12.1. The van der Waals surface area contributed by atoms with Crippen molar-refractivity contribution in [1.82, 2.24) is 0 Å². The van der Waals surface area contributed by atoms with E-state index in [1.807, 2.05) is 0 Å². The van der Waals surface area contributed by atoms with Crippen molar-refractivity contribution < 1.29 is 28.2 Å². The molecule has 0 aliphatic carbocycles. The molecule has 7 heteroatoms. The molecule has 0 bridgehead atoms. The van der Waals surface area contributed by atoms with Crippen molar-refractivity contribution in [2.24, 2.45) is 0 Å². The zero-order chi connectivity index (χ0) is 13.7. The lowest BCUT2D eigenvalue weighted by atomic mass is 10.2. The van der Waals surface area contributed by atoms with Crippen LogP contribution in [-0.4, -0.2) is 23.8 Å². The Balaban J connectivity index is 2.78. The van der Waals surface area contributed by atoms with Gasteiger partial charge in [-0.2, -0.15) is 8.78 Å². The molecule has 0 unspecified atom stereocenters. The zero-order valence-corrected chi connectivity index (χ0v) is 10.2. The molecule has 0 saturated carbocycles. The number of carboxylic acids is 1. The Kier molecular flexibility index (Phi) is 5.30. The van der Waals surface area contributed by atoms with E-state index in [1.54, 1.807) is 0 Å². The molecule has 0 aromatic heterocycles. The molecule has 0 saturated heterocycles. The summed E-state index contributed by atoms with van der Waals surface area (Å²) >= 11 is 5.72. The van der Waals surface area contributed by atoms with Crippen LogP contribution in [-0.2, 0) is 16.1 Å². The van der Waals surface area contributed by atoms with Crippen LogP contribution < -0.4 is 4.74 Å². The van der Waals surface area contributed by atoms with E-state index < -0.39 is 18.7 Å². The lowest BCUT2D eigenvalue weighted by Crippen LogP contribution is -2.19. The van der Waals surface area contributed by atoms with Gasteiger partial charge >= 0.3 is 12.6 Å². The van der Waals surface area contributed by atoms with Crippen molar-refractivity contribution in [3.05, 3.63) is 28.8 Å². The van der Waals surface area contributed by atoms with Crippen molar-refractivity contribution in [3.8, 4) is 5.75 Å². The lowest BCUT2D eigenvalue weighted by molar-refractivity contribution is -0.150. The van der Waals surface area contributed by atoms with Crippen LogP contribution in [0.1, 0.15) is 12.5 Å². The number of hydrogen-bond acceptors (Lipinski definition) is 3. The number of hydrogen-bond donors (Lipinski definition) is 1. The molecule has 1 aromatic rings. The summed E-state index contributed by atoms with van der Waals surface area (Å²) in [5.74, 6) is -1.24. The second kappa shape index (κ2) is 6.51. The van der Waals surface area contributed by atoms with Crippen LogP contribution in [0.25, 0.3) is 0 Å². The Morgan fingerprint density at radius 1 is 1.50 bits per heavy atom. The molecule has 1 aromatic carbocycles. The smallest absolute Gasteiger partial charge is 0.387 e. The van der Waals surface area contributed by atoms with Gasteiger partial charge in [-0.1, -0.05) is 11.6 Å². The van der Waals surface area contributed by atoms with Gasteiger partial charge in [0.2, 0.25) is 0 Å². The highest BCUT2D eigenvalue weighted by Gasteiger charge is 2.14. The van der Waals surface area contributed by atoms with Crippen molar-refractivity contribution in [2.75, 3.05) is 0 Å². The predicted molar refractivity (Wildman–Crippen MR) is 60.0 cm³/mol. The van der Waals surface area contributed by atoms with E-state index in [-0.39, 0.29) is 17.9 Å². The first-order valence-electron chi connectivity index (χ1n) is 4.97. The predicted octanol–water partition coefficient (Wildman–Crippen LogP) is 2.93. The second-order valence-corrected chi connectivity index (χ2v) is 3.86. The number of benzene rings is 1. The number of ether oxygens (including phenoxy) is 2. The number of carbonyl (C=O) groups is 1. The molecule has 1 N–H and O–H groups in total. The first-order chi connectivity index (χ1) is 8.40. The maximum absolute atomic E-state index is 12.1. The van der Waals surface area contributed by atoms with Crippen molar-refractivity contribution >= 4 is 17.6 Å². The van der Waals surface area contributed by atoms with Crippen LogP contribution in [0, 0.1) is 0 Å². The topological polar surface area (TPSA) is 55.8 Å². The largest absolute Gasteiger partial charge is 0.479 e. The van der Waals surface area contributed by atoms with Gasteiger partial charge in [-0.3, -0.25) is 0 Å². The number of rotatable bonds is 6. The highest BCUT2D eigenvalue weighted by atomic mass is 35.5. The van der Waals surface area contributed by atoms with E-state index in [0.29, 0.717) is 5.02 Å². The minimum Gasteiger partial charge on any atom is -0.479 e. The summed E-state index contributed by atoms with van der Waals surface area (Å²) in [5, 5.41) is 8.94. The SMILES string of the molecule is C[C@H](OCc1cc(Cl)ccc1OC(F)F)C(=O)O. The number of aliphatic carboxylic acids is 1. The normalized spacial score (nSPS) is 12.5. The first-order valence-corrected chi connectivity index (χ1v) is 5.35. The molecule has 0 fully saturated rings. The van der Waals surface area contributed by atoms with E-state index in [9.17, 15) is 13.6 Å². The summed E-state index contributed by atoms with van der Waals surface area (Å²) in [6.07, 6.45) is -1.05. The minimum absolute atomic E-state index is 0.0908. The molecule has 0 spiro atoms. The van der Waals surface area contributed by atoms with Crippen LogP contribution in [0.2, 0.25) is 5.02 Å². The third kappa shape index (κ3) is 4.46. The van der Waals surface area contributed by atoms with Gasteiger partial charge in [0.25, 0.3) is 0 Å². The van der Waals surface area contributed by atoms with Gasteiger partial charge in [-0.25, -0.2) is 4.79 Å². The monoisotopic (exact) mass is 280 g/mol. The van der Waals surface area contributed by atoms with Gasteiger partial charge in [0, 0.05) is 10.6 Å². The molecule has 0 aliphatic heterocycles. The van der Waals surface area contributed by atoms with Crippen LogP contribution in [0.4, 0.5) is 8.78 Å². The number of carboxylic acid groups (broad SMARTS) is 1. The second-order valence-electron chi connectivity index (χ2n) is 3.42. The standard InChI is InChI=1S/C11H11ClF2O4/c1-6(10(15)16)17-5-7-4-8(12)2-3-9(7)18-11(13)14/h2-4,6,11H,5H2,1H3,(H,15,16)/t6-/m0/s1. The quantitative estimate of drug-likeness (QED) is 0.870. The first kappa shape index (κ1) is 14.7. The van der Waals surface area contributed by atoms with Gasteiger partial charge in [0.1, 0.15) is 5.75 Å². The zero-order valence-electron chi connectivity index (χ0n) is 9.40. The Morgan fingerprint density at radius 3 is 2.72 bits per heavy atom. The third-order valence-electron chi connectivity index (χ3n) is 2.08. The molecular formula is C11H11ClF2O4. The van der Waals surface area contributed by atoms with E-state index in [4.69, 9.17) is 21.4 Å². The fourth-order valence-corrected chi connectivity index (χ4v) is 1.35. The molecule has 18 heavy (non-hydrogen) atoms. The van der Waals surface area contributed by atoms with Crippen LogP contribution in [0.5, 0.6) is 5.75 Å². The van der Waals surface area contributed by atoms with E-state index >= 15 is 0 Å². The Bertz CT molecular complexity index is 426. The van der Waals surface area contributed by atoms with E-state index in [1.165, 1.54) is 25.1 Å².